The van der Waals surface area contributed by atoms with Crippen molar-refractivity contribution in [2.45, 2.75) is 13.1 Å². The molecule has 0 fully saturated rings. The normalized spacial score (nSPS) is 10.2. The van der Waals surface area contributed by atoms with Gasteiger partial charge in [-0.15, -0.1) is 0 Å². The Morgan fingerprint density at radius 2 is 1.94 bits per heavy atom. The molecule has 0 saturated heterocycles. The summed E-state index contributed by atoms with van der Waals surface area (Å²) in [5.74, 6) is 0.640. The molecule has 0 aliphatic carbocycles. The lowest BCUT2D eigenvalue weighted by molar-refractivity contribution is 0.397. The Morgan fingerprint density at radius 1 is 1.12 bits per heavy atom. The van der Waals surface area contributed by atoms with E-state index in [1.54, 1.807) is 13.3 Å². The van der Waals surface area contributed by atoms with E-state index in [0.717, 1.165) is 18.7 Å². The zero-order chi connectivity index (χ0) is 11.9. The van der Waals surface area contributed by atoms with E-state index in [4.69, 9.17) is 4.74 Å². The minimum absolute atomic E-state index is 0.640. The molecule has 17 heavy (non-hydrogen) atoms. The summed E-state index contributed by atoms with van der Waals surface area (Å²) >= 11 is 0. The summed E-state index contributed by atoms with van der Waals surface area (Å²) < 4.78 is 5.00. The molecule has 0 aliphatic heterocycles. The molecule has 1 N–H and O–H groups in total. The zero-order valence-electron chi connectivity index (χ0n) is 9.76. The highest BCUT2D eigenvalue weighted by Gasteiger charge is 1.96. The van der Waals surface area contributed by atoms with Gasteiger partial charge in [0.15, 0.2) is 0 Å². The first kappa shape index (κ1) is 11.5. The minimum Gasteiger partial charge on any atom is -0.481 e. The van der Waals surface area contributed by atoms with Gasteiger partial charge in [0.05, 0.1) is 7.11 Å². The maximum absolute atomic E-state index is 5.00. The maximum Gasteiger partial charge on any atom is 0.212 e. The Morgan fingerprint density at radius 3 is 2.53 bits per heavy atom. The number of ether oxygens (including phenoxy) is 1. The van der Waals surface area contributed by atoms with Gasteiger partial charge in [-0.3, -0.25) is 4.98 Å². The molecule has 0 spiro atoms. The van der Waals surface area contributed by atoms with E-state index >= 15 is 0 Å². The monoisotopic (exact) mass is 229 g/mol. The number of rotatable bonds is 5. The third-order valence-corrected chi connectivity index (χ3v) is 2.39. The first-order valence-corrected chi connectivity index (χ1v) is 5.47. The van der Waals surface area contributed by atoms with Crippen LogP contribution in [0, 0.1) is 0 Å². The Balaban J connectivity index is 1.82. The molecule has 2 aromatic heterocycles. The van der Waals surface area contributed by atoms with Crippen LogP contribution in [0.2, 0.25) is 0 Å². The number of nitrogens with one attached hydrogen (secondary N) is 1. The summed E-state index contributed by atoms with van der Waals surface area (Å²) in [5, 5.41) is 3.33. The summed E-state index contributed by atoms with van der Waals surface area (Å²) in [4.78, 5) is 8.21. The van der Waals surface area contributed by atoms with Crippen LogP contribution in [0.15, 0.2) is 42.9 Å². The Bertz CT molecular complexity index is 442. The fraction of sp³-hybridized carbons (Fsp3) is 0.231. The molecule has 2 rings (SSSR count). The van der Waals surface area contributed by atoms with E-state index in [0.29, 0.717) is 5.88 Å². The van der Waals surface area contributed by atoms with Crippen LogP contribution in [0.3, 0.4) is 0 Å². The van der Waals surface area contributed by atoms with Gasteiger partial charge < -0.3 is 10.1 Å². The van der Waals surface area contributed by atoms with Crippen molar-refractivity contribution in [2.24, 2.45) is 0 Å². The standard InChI is InChI=1S/C13H15N3O/c1-17-13-5-4-12(10-16-13)9-15-8-11-3-2-6-14-7-11/h2-7,10,15H,8-9H2,1H3. The predicted octanol–water partition coefficient (Wildman–Crippen LogP) is 1.77. The maximum atomic E-state index is 5.00. The largest absolute Gasteiger partial charge is 0.481 e. The lowest BCUT2D eigenvalue weighted by Crippen LogP contribution is -2.12. The van der Waals surface area contributed by atoms with Crippen LogP contribution >= 0.6 is 0 Å². The quantitative estimate of drug-likeness (QED) is 0.849. The van der Waals surface area contributed by atoms with E-state index in [9.17, 15) is 0 Å². The van der Waals surface area contributed by atoms with E-state index in [-0.39, 0.29) is 0 Å². The van der Waals surface area contributed by atoms with Gasteiger partial charge in [-0.1, -0.05) is 12.1 Å². The van der Waals surface area contributed by atoms with Gasteiger partial charge in [-0.2, -0.15) is 0 Å². The van der Waals surface area contributed by atoms with Crippen LogP contribution in [-0.4, -0.2) is 17.1 Å². The summed E-state index contributed by atoms with van der Waals surface area (Å²) in [6.07, 6.45) is 5.45. The van der Waals surface area contributed by atoms with Gasteiger partial charge >= 0.3 is 0 Å². The fourth-order valence-electron chi connectivity index (χ4n) is 1.49. The number of pyridine rings is 2. The average molecular weight is 229 g/mol. The van der Waals surface area contributed by atoms with Crippen LogP contribution in [0.25, 0.3) is 0 Å². The van der Waals surface area contributed by atoms with Gasteiger partial charge in [0.1, 0.15) is 0 Å². The van der Waals surface area contributed by atoms with Crippen LogP contribution in [0.1, 0.15) is 11.1 Å². The second-order valence-corrected chi connectivity index (χ2v) is 3.67. The molecule has 0 radical (unpaired) electrons. The molecule has 88 valence electrons. The topological polar surface area (TPSA) is 47.0 Å². The van der Waals surface area contributed by atoms with Crippen LogP contribution in [-0.2, 0) is 13.1 Å². The molecule has 0 atom stereocenters. The summed E-state index contributed by atoms with van der Waals surface area (Å²) in [5.41, 5.74) is 2.31. The van der Waals surface area contributed by atoms with Gasteiger partial charge in [0.25, 0.3) is 0 Å². The average Bonchev–Trinajstić information content (AvgIpc) is 2.41. The van der Waals surface area contributed by atoms with Crippen molar-refractivity contribution in [3.05, 3.63) is 54.0 Å². The number of aromatic nitrogens is 2. The molecule has 0 bridgehead atoms. The molecule has 4 heteroatoms. The summed E-state index contributed by atoms with van der Waals surface area (Å²) in [6, 6.07) is 7.85. The summed E-state index contributed by atoms with van der Waals surface area (Å²) in [6.45, 7) is 1.59. The van der Waals surface area contributed by atoms with Crippen LogP contribution in [0.4, 0.5) is 0 Å². The number of methoxy groups -OCH3 is 1. The van der Waals surface area contributed by atoms with Gasteiger partial charge in [-0.05, 0) is 17.2 Å². The van der Waals surface area contributed by atoms with Crippen molar-refractivity contribution in [3.63, 3.8) is 0 Å². The highest BCUT2D eigenvalue weighted by Crippen LogP contribution is 2.06. The van der Waals surface area contributed by atoms with Crippen molar-refractivity contribution < 1.29 is 4.74 Å². The van der Waals surface area contributed by atoms with Crippen LogP contribution in [0.5, 0.6) is 5.88 Å². The minimum atomic E-state index is 0.640. The zero-order valence-corrected chi connectivity index (χ0v) is 9.76. The third kappa shape index (κ3) is 3.53. The highest BCUT2D eigenvalue weighted by atomic mass is 16.5. The predicted molar refractivity (Wildman–Crippen MR) is 65.6 cm³/mol. The molecular formula is C13H15N3O. The van der Waals surface area contributed by atoms with Gasteiger partial charge in [-0.25, -0.2) is 4.98 Å². The lowest BCUT2D eigenvalue weighted by Gasteiger charge is -2.05. The van der Waals surface area contributed by atoms with Crippen molar-refractivity contribution in [1.82, 2.24) is 15.3 Å². The van der Waals surface area contributed by atoms with E-state index < -0.39 is 0 Å². The number of nitrogens with zero attached hydrogens (tertiary/aromatic N) is 2. The molecule has 2 aromatic rings. The molecule has 0 saturated carbocycles. The third-order valence-electron chi connectivity index (χ3n) is 2.39. The van der Waals surface area contributed by atoms with E-state index in [2.05, 4.69) is 15.3 Å². The molecule has 0 unspecified atom stereocenters. The van der Waals surface area contributed by atoms with Gasteiger partial charge in [0, 0.05) is 37.7 Å². The molecule has 0 aliphatic rings. The first-order valence-electron chi connectivity index (χ1n) is 5.47. The Kier molecular flexibility index (Phi) is 4.05. The van der Waals surface area contributed by atoms with E-state index in [1.807, 2.05) is 36.7 Å². The fourth-order valence-corrected chi connectivity index (χ4v) is 1.49. The number of hydrogen-bond donors (Lipinski definition) is 1. The molecular weight excluding hydrogens is 214 g/mol. The molecule has 2 heterocycles. The van der Waals surface area contributed by atoms with Crippen molar-refractivity contribution in [1.29, 1.82) is 0 Å². The number of hydrogen-bond acceptors (Lipinski definition) is 4. The van der Waals surface area contributed by atoms with Crippen molar-refractivity contribution in [2.75, 3.05) is 7.11 Å². The second-order valence-electron chi connectivity index (χ2n) is 3.67. The smallest absolute Gasteiger partial charge is 0.212 e. The SMILES string of the molecule is COc1ccc(CNCc2cccnc2)cn1. The van der Waals surface area contributed by atoms with Crippen LogP contribution < -0.4 is 10.1 Å². The van der Waals surface area contributed by atoms with Crippen molar-refractivity contribution >= 4 is 0 Å². The second kappa shape index (κ2) is 5.96. The Labute approximate surface area is 101 Å². The molecule has 0 aromatic carbocycles. The molecule has 4 nitrogen and oxygen atoms in total. The molecule has 0 amide bonds. The van der Waals surface area contributed by atoms with E-state index in [1.165, 1.54) is 5.56 Å². The lowest BCUT2D eigenvalue weighted by atomic mass is 10.2. The van der Waals surface area contributed by atoms with Crippen molar-refractivity contribution in [3.8, 4) is 5.88 Å². The van der Waals surface area contributed by atoms with Gasteiger partial charge in [0.2, 0.25) is 5.88 Å². The first-order chi connectivity index (χ1) is 8.38. The summed E-state index contributed by atoms with van der Waals surface area (Å²) in [7, 11) is 1.61. The Hall–Kier alpha value is -1.94. The highest BCUT2D eigenvalue weighted by molar-refractivity contribution is 5.17.